The Balaban J connectivity index is 2.06. The number of hydrogen-bond donors (Lipinski definition) is 0. The summed E-state index contributed by atoms with van der Waals surface area (Å²) in [5, 5.41) is 0. The third-order valence-electron chi connectivity index (χ3n) is 3.56. The number of carbonyl (C=O) groups excluding carboxylic acids is 2. The fourth-order valence-corrected chi connectivity index (χ4v) is 2.14. The molecule has 0 aromatic heterocycles. The van der Waals surface area contributed by atoms with E-state index in [-0.39, 0.29) is 17.2 Å². The van der Waals surface area contributed by atoms with Gasteiger partial charge in [-0.2, -0.15) is 0 Å². The summed E-state index contributed by atoms with van der Waals surface area (Å²) >= 11 is 0. The normalized spacial score (nSPS) is 16.0. The SMILES string of the molecule is C=C(C)C(=O)OC1=CCC(c2ccc(OC(=O)C(=C)C)c(F)c2)C=C1. The minimum absolute atomic E-state index is 0.0623. The average molecular weight is 342 g/mol. The maximum Gasteiger partial charge on any atom is 0.338 e. The molecule has 0 saturated heterocycles. The first kappa shape index (κ1) is 18.4. The predicted octanol–water partition coefficient (Wildman–Crippen LogP) is 4.35. The molecule has 0 radical (unpaired) electrons. The van der Waals surface area contributed by atoms with Crippen LogP contribution in [-0.2, 0) is 14.3 Å². The molecule has 1 aromatic rings. The van der Waals surface area contributed by atoms with Crippen molar-refractivity contribution in [1.29, 1.82) is 0 Å². The minimum Gasteiger partial charge on any atom is -0.424 e. The van der Waals surface area contributed by atoms with Gasteiger partial charge in [0.05, 0.1) is 0 Å². The van der Waals surface area contributed by atoms with Crippen LogP contribution >= 0.6 is 0 Å². The van der Waals surface area contributed by atoms with E-state index in [0.29, 0.717) is 17.8 Å². The van der Waals surface area contributed by atoms with E-state index in [2.05, 4.69) is 13.2 Å². The van der Waals surface area contributed by atoms with Gasteiger partial charge in [-0.15, -0.1) is 0 Å². The lowest BCUT2D eigenvalue weighted by atomic mass is 9.92. The molecule has 0 N–H and O–H groups in total. The summed E-state index contributed by atoms with van der Waals surface area (Å²) < 4.78 is 24.2. The van der Waals surface area contributed by atoms with Crippen molar-refractivity contribution in [3.8, 4) is 5.75 Å². The molecule has 1 aliphatic rings. The second kappa shape index (κ2) is 7.75. The van der Waals surface area contributed by atoms with Crippen molar-refractivity contribution in [2.45, 2.75) is 26.2 Å². The number of carbonyl (C=O) groups is 2. The number of allylic oxidation sites excluding steroid dienone is 3. The van der Waals surface area contributed by atoms with Crippen LogP contribution in [0.2, 0.25) is 0 Å². The largest absolute Gasteiger partial charge is 0.424 e. The van der Waals surface area contributed by atoms with E-state index in [4.69, 9.17) is 9.47 Å². The lowest BCUT2D eigenvalue weighted by molar-refractivity contribution is -0.134. The van der Waals surface area contributed by atoms with Crippen molar-refractivity contribution in [3.05, 3.63) is 77.9 Å². The van der Waals surface area contributed by atoms with Crippen LogP contribution in [0.5, 0.6) is 5.75 Å². The molecule has 0 aliphatic heterocycles. The number of esters is 2. The molecule has 0 heterocycles. The first-order valence-electron chi connectivity index (χ1n) is 7.71. The van der Waals surface area contributed by atoms with E-state index in [1.54, 1.807) is 25.1 Å². The summed E-state index contributed by atoms with van der Waals surface area (Å²) in [4.78, 5) is 23.0. The molecule has 0 amide bonds. The Morgan fingerprint density at radius 1 is 1.12 bits per heavy atom. The smallest absolute Gasteiger partial charge is 0.338 e. The summed E-state index contributed by atoms with van der Waals surface area (Å²) in [6, 6.07) is 4.44. The van der Waals surface area contributed by atoms with Gasteiger partial charge in [-0.3, -0.25) is 0 Å². The zero-order valence-electron chi connectivity index (χ0n) is 14.2. The minimum atomic E-state index is -0.670. The molecule has 0 fully saturated rings. The summed E-state index contributed by atoms with van der Waals surface area (Å²) in [5.74, 6) is -1.53. The number of ether oxygens (including phenoxy) is 2. The molecule has 1 aromatic carbocycles. The number of benzene rings is 1. The van der Waals surface area contributed by atoms with Gasteiger partial charge >= 0.3 is 11.9 Å². The van der Waals surface area contributed by atoms with Gasteiger partial charge < -0.3 is 9.47 Å². The molecule has 25 heavy (non-hydrogen) atoms. The molecule has 0 bridgehead atoms. The second-order valence-corrected chi connectivity index (χ2v) is 5.84. The van der Waals surface area contributed by atoms with Gasteiger partial charge in [0.1, 0.15) is 5.76 Å². The predicted molar refractivity (Wildman–Crippen MR) is 92.3 cm³/mol. The molecule has 2 rings (SSSR count). The van der Waals surface area contributed by atoms with E-state index >= 15 is 0 Å². The van der Waals surface area contributed by atoms with Crippen molar-refractivity contribution in [1.82, 2.24) is 0 Å². The van der Waals surface area contributed by atoms with Crippen molar-refractivity contribution < 1.29 is 23.5 Å². The van der Waals surface area contributed by atoms with Crippen LogP contribution in [-0.4, -0.2) is 11.9 Å². The third kappa shape index (κ3) is 4.76. The highest BCUT2D eigenvalue weighted by Crippen LogP contribution is 2.30. The van der Waals surface area contributed by atoms with Crippen LogP contribution in [0.15, 0.2) is 66.5 Å². The zero-order chi connectivity index (χ0) is 18.6. The summed E-state index contributed by atoms with van der Waals surface area (Å²) in [5.41, 5.74) is 1.24. The maximum atomic E-state index is 14.1. The first-order valence-corrected chi connectivity index (χ1v) is 7.71. The monoisotopic (exact) mass is 342 g/mol. The van der Waals surface area contributed by atoms with Gasteiger partial charge in [0.25, 0.3) is 0 Å². The Morgan fingerprint density at radius 3 is 2.28 bits per heavy atom. The van der Waals surface area contributed by atoms with E-state index in [0.717, 1.165) is 5.56 Å². The zero-order valence-corrected chi connectivity index (χ0v) is 14.2. The Bertz CT molecular complexity index is 802. The summed E-state index contributed by atoms with van der Waals surface area (Å²) in [7, 11) is 0. The molecule has 0 saturated carbocycles. The Labute approximate surface area is 145 Å². The molecule has 0 spiro atoms. The molecule has 1 aliphatic carbocycles. The number of hydrogen-bond acceptors (Lipinski definition) is 4. The molecular weight excluding hydrogens is 323 g/mol. The van der Waals surface area contributed by atoms with Crippen LogP contribution in [0.4, 0.5) is 4.39 Å². The Hall–Kier alpha value is -2.95. The maximum absolute atomic E-state index is 14.1. The molecular formula is C20H19FO4. The number of rotatable bonds is 5. The van der Waals surface area contributed by atoms with Gasteiger partial charge in [-0.1, -0.05) is 25.3 Å². The highest BCUT2D eigenvalue weighted by atomic mass is 19.1. The lowest BCUT2D eigenvalue weighted by Crippen LogP contribution is -2.10. The standard InChI is InChI=1S/C20H19FO4/c1-12(2)19(22)24-16-8-5-14(6-9-16)15-7-10-18(17(21)11-15)25-20(23)13(3)4/h5,7-11,14H,1,3,6H2,2,4H3. The lowest BCUT2D eigenvalue weighted by Gasteiger charge is -2.17. The van der Waals surface area contributed by atoms with Gasteiger partial charge in [-0.05, 0) is 50.1 Å². The summed E-state index contributed by atoms with van der Waals surface area (Å²) in [6.45, 7) is 10.0. The van der Waals surface area contributed by atoms with E-state index in [1.165, 1.54) is 19.1 Å². The fourth-order valence-electron chi connectivity index (χ4n) is 2.14. The molecule has 1 atom stereocenters. The van der Waals surface area contributed by atoms with Crippen LogP contribution < -0.4 is 4.74 Å². The van der Waals surface area contributed by atoms with Gasteiger partial charge in [0.2, 0.25) is 0 Å². The van der Waals surface area contributed by atoms with Gasteiger partial charge in [-0.25, -0.2) is 14.0 Å². The second-order valence-electron chi connectivity index (χ2n) is 5.84. The van der Waals surface area contributed by atoms with E-state index in [1.807, 2.05) is 6.08 Å². The highest BCUT2D eigenvalue weighted by Gasteiger charge is 2.17. The van der Waals surface area contributed by atoms with Crippen molar-refractivity contribution in [2.24, 2.45) is 0 Å². The van der Waals surface area contributed by atoms with Crippen LogP contribution in [0.3, 0.4) is 0 Å². The summed E-state index contributed by atoms with van der Waals surface area (Å²) in [6.07, 6.45) is 5.81. The molecule has 130 valence electrons. The Morgan fingerprint density at radius 2 is 1.76 bits per heavy atom. The van der Waals surface area contributed by atoms with Crippen molar-refractivity contribution in [3.63, 3.8) is 0 Å². The van der Waals surface area contributed by atoms with Crippen molar-refractivity contribution >= 4 is 11.9 Å². The average Bonchev–Trinajstić information content (AvgIpc) is 2.57. The quantitative estimate of drug-likeness (QED) is 0.453. The topological polar surface area (TPSA) is 52.6 Å². The number of halogens is 1. The highest BCUT2D eigenvalue weighted by molar-refractivity contribution is 5.89. The first-order chi connectivity index (χ1) is 11.8. The van der Waals surface area contributed by atoms with Gasteiger partial charge in [0, 0.05) is 17.1 Å². The van der Waals surface area contributed by atoms with Crippen molar-refractivity contribution in [2.75, 3.05) is 0 Å². The van der Waals surface area contributed by atoms with Crippen LogP contribution in [0, 0.1) is 5.82 Å². The molecule has 5 heteroatoms. The van der Waals surface area contributed by atoms with Crippen LogP contribution in [0.1, 0.15) is 31.7 Å². The Kier molecular flexibility index (Phi) is 5.70. The van der Waals surface area contributed by atoms with E-state index in [9.17, 15) is 14.0 Å². The fraction of sp³-hybridized carbons (Fsp3) is 0.200. The van der Waals surface area contributed by atoms with Crippen LogP contribution in [0.25, 0.3) is 0 Å². The third-order valence-corrected chi connectivity index (χ3v) is 3.56. The molecule has 1 unspecified atom stereocenters. The molecule has 4 nitrogen and oxygen atoms in total. The van der Waals surface area contributed by atoms with E-state index < -0.39 is 17.8 Å². The van der Waals surface area contributed by atoms with Gasteiger partial charge in [0.15, 0.2) is 11.6 Å².